The van der Waals surface area contributed by atoms with Gasteiger partial charge in [0.1, 0.15) is 0 Å². The molecule has 0 bridgehead atoms. The van der Waals surface area contributed by atoms with Gasteiger partial charge in [-0.2, -0.15) is 4.98 Å². The van der Waals surface area contributed by atoms with Gasteiger partial charge in [0, 0.05) is 16.3 Å². The van der Waals surface area contributed by atoms with Crippen LogP contribution in [0.4, 0.5) is 0 Å². The summed E-state index contributed by atoms with van der Waals surface area (Å²) >= 11 is 3.46. The van der Waals surface area contributed by atoms with Crippen LogP contribution in [0.5, 0.6) is 0 Å². The summed E-state index contributed by atoms with van der Waals surface area (Å²) in [5.41, 5.74) is 1.22. The quantitative estimate of drug-likeness (QED) is 0.556. The highest BCUT2D eigenvalue weighted by atomic mass is 79.9. The van der Waals surface area contributed by atoms with E-state index in [-0.39, 0.29) is 10.8 Å². The molecule has 0 saturated heterocycles. The van der Waals surface area contributed by atoms with Gasteiger partial charge >= 0.3 is 0 Å². The van der Waals surface area contributed by atoms with Crippen molar-refractivity contribution in [2.45, 2.75) is 31.1 Å². The molecule has 5 nitrogen and oxygen atoms in total. The Morgan fingerprint density at radius 1 is 1.11 bits per heavy atom. The Morgan fingerprint density at radius 3 is 2.37 bits per heavy atom. The number of hydrogen-bond acceptors (Lipinski definition) is 5. The second-order valence-corrected chi connectivity index (χ2v) is 10.0. The molecule has 7 heteroatoms. The average Bonchev–Trinajstić information content (AvgIpc) is 3.11. The minimum absolute atomic E-state index is 0.214. The standard InChI is InChI=1S/C20H21BrN2O3S/c1-13(2)20(3,15-8-10-16(21)11-9-15)19-22-18(26-23-19)14-6-5-7-17(12-14)27(4,24)25/h5-13H,1-4H3. The molecule has 0 radical (unpaired) electrons. The third-order valence-electron chi connectivity index (χ3n) is 5.00. The van der Waals surface area contributed by atoms with Gasteiger partial charge in [0.25, 0.3) is 5.89 Å². The molecule has 3 aromatic rings. The van der Waals surface area contributed by atoms with Gasteiger partial charge in [0.2, 0.25) is 0 Å². The van der Waals surface area contributed by atoms with E-state index in [1.807, 2.05) is 24.3 Å². The summed E-state index contributed by atoms with van der Waals surface area (Å²) < 4.78 is 30.1. The van der Waals surface area contributed by atoms with E-state index in [2.05, 4.69) is 46.8 Å². The molecule has 3 rings (SSSR count). The molecule has 0 fully saturated rings. The molecule has 27 heavy (non-hydrogen) atoms. The van der Waals surface area contributed by atoms with Crippen LogP contribution < -0.4 is 0 Å². The minimum Gasteiger partial charge on any atom is -0.334 e. The van der Waals surface area contributed by atoms with Gasteiger partial charge in [-0.3, -0.25) is 0 Å². The van der Waals surface area contributed by atoms with Gasteiger partial charge in [-0.1, -0.05) is 53.1 Å². The van der Waals surface area contributed by atoms with Gasteiger partial charge in [0.05, 0.1) is 10.3 Å². The van der Waals surface area contributed by atoms with Crippen molar-refractivity contribution >= 4 is 25.8 Å². The van der Waals surface area contributed by atoms with E-state index in [0.29, 0.717) is 17.3 Å². The molecule has 1 aromatic heterocycles. The second-order valence-electron chi connectivity index (χ2n) is 7.09. The molecule has 1 heterocycles. The minimum atomic E-state index is -3.31. The summed E-state index contributed by atoms with van der Waals surface area (Å²) in [7, 11) is -3.31. The molecule has 1 atom stereocenters. The molecule has 2 aromatic carbocycles. The molecule has 0 aliphatic heterocycles. The summed E-state index contributed by atoms with van der Waals surface area (Å²) in [6, 6.07) is 14.6. The molecular weight excluding hydrogens is 428 g/mol. The van der Waals surface area contributed by atoms with Gasteiger partial charge in [-0.15, -0.1) is 0 Å². The van der Waals surface area contributed by atoms with Crippen LogP contribution >= 0.6 is 15.9 Å². The largest absolute Gasteiger partial charge is 0.334 e. The first-order valence-corrected chi connectivity index (χ1v) is 11.2. The summed E-state index contributed by atoms with van der Waals surface area (Å²) in [6.45, 7) is 6.31. The number of aromatic nitrogens is 2. The monoisotopic (exact) mass is 448 g/mol. The van der Waals surface area contributed by atoms with E-state index in [4.69, 9.17) is 4.52 Å². The number of benzene rings is 2. The van der Waals surface area contributed by atoms with Gasteiger partial charge in [0.15, 0.2) is 15.7 Å². The zero-order chi connectivity index (χ0) is 19.8. The number of rotatable bonds is 5. The fraction of sp³-hybridized carbons (Fsp3) is 0.300. The maximum absolute atomic E-state index is 11.8. The molecule has 0 spiro atoms. The highest BCUT2D eigenvalue weighted by Gasteiger charge is 2.37. The first kappa shape index (κ1) is 19.8. The Hall–Kier alpha value is -1.99. The van der Waals surface area contributed by atoms with E-state index in [1.165, 1.54) is 6.26 Å². The topological polar surface area (TPSA) is 73.1 Å². The van der Waals surface area contributed by atoms with Crippen LogP contribution in [0.15, 0.2) is 62.4 Å². The summed E-state index contributed by atoms with van der Waals surface area (Å²) in [5, 5.41) is 4.23. The van der Waals surface area contributed by atoms with Crippen LogP contribution in [0.3, 0.4) is 0 Å². The van der Waals surface area contributed by atoms with Crippen LogP contribution in [0, 0.1) is 5.92 Å². The Morgan fingerprint density at radius 2 is 1.78 bits per heavy atom. The highest BCUT2D eigenvalue weighted by Crippen LogP contribution is 2.38. The van der Waals surface area contributed by atoms with Crippen molar-refractivity contribution in [2.24, 2.45) is 5.92 Å². The van der Waals surface area contributed by atoms with Gasteiger partial charge in [-0.25, -0.2) is 8.42 Å². The highest BCUT2D eigenvalue weighted by molar-refractivity contribution is 9.10. The third kappa shape index (κ3) is 3.84. The molecular formula is C20H21BrN2O3S. The van der Waals surface area contributed by atoms with E-state index in [9.17, 15) is 8.42 Å². The predicted octanol–water partition coefficient (Wildman–Crippen LogP) is 4.86. The van der Waals surface area contributed by atoms with Crippen molar-refractivity contribution in [1.82, 2.24) is 10.1 Å². The zero-order valence-electron chi connectivity index (χ0n) is 15.6. The van der Waals surface area contributed by atoms with Crippen LogP contribution in [-0.2, 0) is 15.3 Å². The molecule has 0 N–H and O–H groups in total. The lowest BCUT2D eigenvalue weighted by Crippen LogP contribution is -2.31. The lowest BCUT2D eigenvalue weighted by atomic mass is 9.73. The number of nitrogens with zero attached hydrogens (tertiary/aromatic N) is 2. The van der Waals surface area contributed by atoms with Crippen molar-refractivity contribution in [2.75, 3.05) is 6.26 Å². The first-order chi connectivity index (χ1) is 12.6. The fourth-order valence-electron chi connectivity index (χ4n) is 2.93. The molecule has 0 aliphatic carbocycles. The fourth-order valence-corrected chi connectivity index (χ4v) is 3.86. The first-order valence-electron chi connectivity index (χ1n) is 8.53. The van der Waals surface area contributed by atoms with Gasteiger partial charge < -0.3 is 4.52 Å². The predicted molar refractivity (Wildman–Crippen MR) is 108 cm³/mol. The van der Waals surface area contributed by atoms with Crippen molar-refractivity contribution < 1.29 is 12.9 Å². The molecule has 0 saturated carbocycles. The molecule has 1 unspecified atom stereocenters. The Kier molecular flexibility index (Phi) is 5.27. The normalized spacial score (nSPS) is 14.3. The molecule has 0 aliphatic rings. The number of sulfone groups is 1. The molecule has 142 valence electrons. The Bertz CT molecular complexity index is 1060. The maximum atomic E-state index is 11.8. The number of hydrogen-bond donors (Lipinski definition) is 0. The SMILES string of the molecule is CC(C)C(C)(c1ccc(Br)cc1)c1noc(-c2cccc(S(C)(=O)=O)c2)n1. The van der Waals surface area contributed by atoms with E-state index in [1.54, 1.807) is 24.3 Å². The Balaban J connectivity index is 2.07. The van der Waals surface area contributed by atoms with E-state index in [0.717, 1.165) is 10.0 Å². The van der Waals surface area contributed by atoms with Crippen molar-refractivity contribution in [3.05, 3.63) is 64.4 Å². The lowest BCUT2D eigenvalue weighted by molar-refractivity contribution is 0.350. The maximum Gasteiger partial charge on any atom is 0.257 e. The van der Waals surface area contributed by atoms with E-state index < -0.39 is 15.3 Å². The third-order valence-corrected chi connectivity index (χ3v) is 6.64. The summed E-state index contributed by atoms with van der Waals surface area (Å²) in [6.07, 6.45) is 1.18. The van der Waals surface area contributed by atoms with Crippen molar-refractivity contribution in [3.8, 4) is 11.5 Å². The van der Waals surface area contributed by atoms with Gasteiger partial charge in [-0.05, 0) is 48.7 Å². The number of halogens is 1. The summed E-state index contributed by atoms with van der Waals surface area (Å²) in [5.74, 6) is 1.09. The van der Waals surface area contributed by atoms with Crippen LogP contribution in [0.2, 0.25) is 0 Å². The summed E-state index contributed by atoms with van der Waals surface area (Å²) in [4.78, 5) is 4.83. The smallest absolute Gasteiger partial charge is 0.257 e. The second kappa shape index (κ2) is 7.20. The van der Waals surface area contributed by atoms with Crippen molar-refractivity contribution in [1.29, 1.82) is 0 Å². The van der Waals surface area contributed by atoms with Crippen LogP contribution in [-0.4, -0.2) is 24.8 Å². The lowest BCUT2D eigenvalue weighted by Gasteiger charge is -2.31. The zero-order valence-corrected chi connectivity index (χ0v) is 18.0. The molecule has 0 amide bonds. The van der Waals surface area contributed by atoms with Crippen LogP contribution in [0.1, 0.15) is 32.2 Å². The Labute approximate surface area is 167 Å². The van der Waals surface area contributed by atoms with Crippen molar-refractivity contribution in [3.63, 3.8) is 0 Å². The van der Waals surface area contributed by atoms with Crippen LogP contribution in [0.25, 0.3) is 11.5 Å². The van der Waals surface area contributed by atoms with E-state index >= 15 is 0 Å². The average molecular weight is 449 g/mol.